The van der Waals surface area contributed by atoms with Crippen molar-refractivity contribution in [3.05, 3.63) is 29.8 Å². The van der Waals surface area contributed by atoms with Crippen LogP contribution >= 0.6 is 0 Å². The molecule has 20 heavy (non-hydrogen) atoms. The summed E-state index contributed by atoms with van der Waals surface area (Å²) in [5.41, 5.74) is 1.10. The van der Waals surface area contributed by atoms with Gasteiger partial charge in [-0.25, -0.2) is 0 Å². The van der Waals surface area contributed by atoms with Crippen molar-refractivity contribution in [2.45, 2.75) is 37.4 Å². The van der Waals surface area contributed by atoms with Crippen LogP contribution < -0.4 is 4.90 Å². The van der Waals surface area contributed by atoms with Crippen LogP contribution in [0.15, 0.2) is 29.3 Å². The van der Waals surface area contributed by atoms with Gasteiger partial charge >= 0.3 is 0 Å². The summed E-state index contributed by atoms with van der Waals surface area (Å²) in [7, 11) is 4.01. The molecule has 0 spiro atoms. The molecule has 4 heteroatoms. The summed E-state index contributed by atoms with van der Waals surface area (Å²) in [6, 6.07) is 8.07. The van der Waals surface area contributed by atoms with Crippen molar-refractivity contribution in [3.8, 4) is 0 Å². The zero-order valence-electron chi connectivity index (χ0n) is 12.3. The van der Waals surface area contributed by atoms with E-state index in [9.17, 15) is 10.2 Å². The van der Waals surface area contributed by atoms with Crippen LogP contribution in [0.2, 0.25) is 0 Å². The summed E-state index contributed by atoms with van der Waals surface area (Å²) in [6.45, 7) is 0.267. The smallest absolute Gasteiger partial charge is 0.110 e. The maximum atomic E-state index is 10.4. The van der Waals surface area contributed by atoms with Gasteiger partial charge in [-0.05, 0) is 30.5 Å². The van der Waals surface area contributed by atoms with Crippen LogP contribution in [0, 0.1) is 0 Å². The number of nitrogens with zero attached hydrogens (tertiary/aromatic N) is 2. The number of rotatable bonds is 4. The molecule has 0 heterocycles. The number of anilines is 1. The third-order valence-corrected chi connectivity index (χ3v) is 3.97. The summed E-state index contributed by atoms with van der Waals surface area (Å²) in [5, 5.41) is 20.3. The Kier molecular flexibility index (Phi) is 4.78. The minimum absolute atomic E-state index is 0.267. The molecule has 1 saturated carbocycles. The van der Waals surface area contributed by atoms with Gasteiger partial charge in [-0.15, -0.1) is 0 Å². The van der Waals surface area contributed by atoms with Crippen molar-refractivity contribution < 1.29 is 10.2 Å². The molecule has 2 N–H and O–H groups in total. The van der Waals surface area contributed by atoms with Crippen molar-refractivity contribution >= 4 is 11.9 Å². The van der Waals surface area contributed by atoms with Gasteiger partial charge in [0.15, 0.2) is 0 Å². The number of hydrogen-bond acceptors (Lipinski definition) is 4. The van der Waals surface area contributed by atoms with Gasteiger partial charge in [-0.2, -0.15) is 0 Å². The van der Waals surface area contributed by atoms with Gasteiger partial charge in [0.2, 0.25) is 0 Å². The van der Waals surface area contributed by atoms with Crippen LogP contribution in [0.1, 0.15) is 31.2 Å². The normalized spacial score (nSPS) is 26.9. The van der Waals surface area contributed by atoms with Crippen molar-refractivity contribution in [1.82, 2.24) is 0 Å². The lowest BCUT2D eigenvalue weighted by molar-refractivity contribution is -0.0921. The standard InChI is InChI=1S/C16H24N2O2/c1-18(2)14-8-6-13(7-9-14)11-17-12-16(20)10-4-3-5-15(16)19/h6-9,11,15,19-20H,3-5,10,12H2,1-2H3/t15-,16-/m1/s1. The number of aliphatic imine (C=N–C) groups is 1. The first-order valence-electron chi connectivity index (χ1n) is 7.19. The summed E-state index contributed by atoms with van der Waals surface area (Å²) in [6.07, 6.45) is 4.36. The Hall–Kier alpha value is -1.39. The zero-order valence-corrected chi connectivity index (χ0v) is 12.3. The second-order valence-corrected chi connectivity index (χ2v) is 5.82. The SMILES string of the molecule is CN(C)c1ccc(C=NC[C@]2(O)CCCC[C@H]2O)cc1. The Morgan fingerprint density at radius 2 is 2.00 bits per heavy atom. The monoisotopic (exact) mass is 276 g/mol. The molecular weight excluding hydrogens is 252 g/mol. The number of aliphatic hydroxyl groups excluding tert-OH is 1. The van der Waals surface area contributed by atoms with Crippen molar-refractivity contribution in [2.24, 2.45) is 4.99 Å². The van der Waals surface area contributed by atoms with Gasteiger partial charge in [-0.1, -0.05) is 25.0 Å². The van der Waals surface area contributed by atoms with E-state index in [1.807, 2.05) is 43.3 Å². The summed E-state index contributed by atoms with van der Waals surface area (Å²) in [5.74, 6) is 0. The Labute approximate surface area is 120 Å². The molecule has 0 aliphatic heterocycles. The van der Waals surface area contributed by atoms with E-state index in [1.54, 1.807) is 6.21 Å². The molecule has 0 saturated heterocycles. The van der Waals surface area contributed by atoms with E-state index in [-0.39, 0.29) is 6.54 Å². The van der Waals surface area contributed by atoms with Crippen LogP contribution in [0.5, 0.6) is 0 Å². The average molecular weight is 276 g/mol. The first-order chi connectivity index (χ1) is 9.51. The molecular formula is C16H24N2O2. The highest BCUT2D eigenvalue weighted by atomic mass is 16.3. The van der Waals surface area contributed by atoms with Crippen LogP contribution in [-0.2, 0) is 0 Å². The lowest BCUT2D eigenvalue weighted by Crippen LogP contribution is -2.47. The van der Waals surface area contributed by atoms with Crippen LogP contribution in [0.4, 0.5) is 5.69 Å². The zero-order chi connectivity index (χ0) is 14.6. The Balaban J connectivity index is 1.95. The molecule has 0 bridgehead atoms. The maximum Gasteiger partial charge on any atom is 0.110 e. The van der Waals surface area contributed by atoms with Crippen molar-refractivity contribution in [2.75, 3.05) is 25.5 Å². The van der Waals surface area contributed by atoms with Gasteiger partial charge in [0.25, 0.3) is 0 Å². The fraction of sp³-hybridized carbons (Fsp3) is 0.562. The first kappa shape index (κ1) is 15.0. The number of benzene rings is 1. The molecule has 0 aromatic heterocycles. The second-order valence-electron chi connectivity index (χ2n) is 5.82. The fourth-order valence-electron chi connectivity index (χ4n) is 2.56. The van der Waals surface area contributed by atoms with E-state index in [0.717, 1.165) is 24.1 Å². The molecule has 0 amide bonds. The van der Waals surface area contributed by atoms with Crippen LogP contribution in [0.25, 0.3) is 0 Å². The lowest BCUT2D eigenvalue weighted by Gasteiger charge is -2.35. The predicted molar refractivity (Wildman–Crippen MR) is 82.7 cm³/mol. The third kappa shape index (κ3) is 3.58. The highest BCUT2D eigenvalue weighted by molar-refractivity contribution is 5.80. The molecule has 1 aromatic carbocycles. The average Bonchev–Trinajstić information content (AvgIpc) is 2.43. The Bertz CT molecular complexity index is 456. The quantitative estimate of drug-likeness (QED) is 0.825. The molecule has 0 radical (unpaired) electrons. The largest absolute Gasteiger partial charge is 0.390 e. The lowest BCUT2D eigenvalue weighted by atomic mass is 9.82. The predicted octanol–water partition coefficient (Wildman–Crippen LogP) is 1.84. The molecule has 1 aliphatic carbocycles. The minimum atomic E-state index is -1.04. The topological polar surface area (TPSA) is 56.1 Å². The van der Waals surface area contributed by atoms with Gasteiger partial charge in [-0.3, -0.25) is 4.99 Å². The molecule has 1 aliphatic rings. The minimum Gasteiger partial charge on any atom is -0.390 e. The second kappa shape index (κ2) is 6.37. The highest BCUT2D eigenvalue weighted by Gasteiger charge is 2.37. The first-order valence-corrected chi connectivity index (χ1v) is 7.19. The fourth-order valence-corrected chi connectivity index (χ4v) is 2.56. The Morgan fingerprint density at radius 3 is 2.60 bits per heavy atom. The summed E-state index contributed by atoms with van der Waals surface area (Å²) < 4.78 is 0. The third-order valence-electron chi connectivity index (χ3n) is 3.97. The number of hydrogen-bond donors (Lipinski definition) is 2. The maximum absolute atomic E-state index is 10.4. The van der Waals surface area contributed by atoms with E-state index in [1.165, 1.54) is 0 Å². The molecule has 4 nitrogen and oxygen atoms in total. The summed E-state index contributed by atoms with van der Waals surface area (Å²) in [4.78, 5) is 6.36. The van der Waals surface area contributed by atoms with Gasteiger partial charge in [0.05, 0.1) is 12.6 Å². The molecule has 0 unspecified atom stereocenters. The van der Waals surface area contributed by atoms with E-state index in [0.29, 0.717) is 12.8 Å². The summed E-state index contributed by atoms with van der Waals surface area (Å²) >= 11 is 0. The molecule has 2 rings (SSSR count). The van der Waals surface area contributed by atoms with E-state index >= 15 is 0 Å². The van der Waals surface area contributed by atoms with E-state index in [4.69, 9.17) is 0 Å². The molecule has 1 aromatic rings. The Morgan fingerprint density at radius 1 is 1.30 bits per heavy atom. The van der Waals surface area contributed by atoms with Gasteiger partial charge in [0, 0.05) is 26.0 Å². The van der Waals surface area contributed by atoms with Gasteiger partial charge in [0.1, 0.15) is 5.60 Å². The number of aliphatic hydroxyl groups is 2. The van der Waals surface area contributed by atoms with Crippen LogP contribution in [-0.4, -0.2) is 48.8 Å². The van der Waals surface area contributed by atoms with Crippen molar-refractivity contribution in [1.29, 1.82) is 0 Å². The van der Waals surface area contributed by atoms with E-state index < -0.39 is 11.7 Å². The molecule has 1 fully saturated rings. The molecule has 2 atom stereocenters. The highest BCUT2D eigenvalue weighted by Crippen LogP contribution is 2.28. The van der Waals surface area contributed by atoms with E-state index in [2.05, 4.69) is 4.99 Å². The van der Waals surface area contributed by atoms with Crippen LogP contribution in [0.3, 0.4) is 0 Å². The molecule has 110 valence electrons. The van der Waals surface area contributed by atoms with Gasteiger partial charge < -0.3 is 15.1 Å². The van der Waals surface area contributed by atoms with Crippen molar-refractivity contribution in [3.63, 3.8) is 0 Å².